The number of primary amides is 1. The molecule has 2 aromatic carbocycles. The molecule has 2 saturated heterocycles. The number of hydrogen-bond donors (Lipinski definition) is 8. The third kappa shape index (κ3) is 23.4. The van der Waals surface area contributed by atoms with Gasteiger partial charge in [-0.25, -0.2) is 9.59 Å². The van der Waals surface area contributed by atoms with E-state index in [9.17, 15) is 57.8 Å². The van der Waals surface area contributed by atoms with Crippen molar-refractivity contribution >= 4 is 82.7 Å². The zero-order chi connectivity index (χ0) is 71.7. The predicted octanol–water partition coefficient (Wildman–Crippen LogP) is 5.64. The highest BCUT2D eigenvalue weighted by atomic mass is 32.2. The molecule has 2 fully saturated rings. The van der Waals surface area contributed by atoms with E-state index in [0.717, 1.165) is 0 Å². The van der Waals surface area contributed by atoms with E-state index in [2.05, 4.69) is 31.9 Å². The first-order chi connectivity index (χ1) is 45.4. The summed E-state index contributed by atoms with van der Waals surface area (Å²) in [7, 11) is 6.08. The maximum absolute atomic E-state index is 14.8. The number of aliphatic hydroxyl groups excluding tert-OH is 1. The maximum atomic E-state index is 14.8. The molecule has 0 radical (unpaired) electrons. The number of nitrogens with zero attached hydrogens (tertiary/aromatic N) is 4. The maximum Gasteiger partial charge on any atom is 0.410 e. The first kappa shape index (κ1) is 81.1. The Labute approximate surface area is 571 Å². The number of thioether (sulfide) groups is 1. The van der Waals surface area contributed by atoms with Gasteiger partial charge in [0.1, 0.15) is 30.8 Å². The Balaban J connectivity index is 1.37. The number of carbonyl (C=O) groups excluding carboxylic acids is 11. The van der Waals surface area contributed by atoms with Crippen LogP contribution in [-0.4, -0.2) is 204 Å². The van der Waals surface area contributed by atoms with Gasteiger partial charge in [-0.1, -0.05) is 118 Å². The van der Waals surface area contributed by atoms with E-state index in [1.807, 2.05) is 32.0 Å². The summed E-state index contributed by atoms with van der Waals surface area (Å²) in [6, 6.07) is 8.76. The molecule has 9 N–H and O–H groups in total. The molecule has 12 amide bonds. The number of methoxy groups -OCH3 is 2. The normalized spacial score (nSPS) is 18.2. The van der Waals surface area contributed by atoms with Gasteiger partial charge in [-0.2, -0.15) is 11.8 Å². The topological polar surface area (TPSA) is 347 Å². The zero-order valence-electron chi connectivity index (χ0n) is 59.0. The summed E-state index contributed by atoms with van der Waals surface area (Å²) in [6.07, 6.45) is 2.56. The van der Waals surface area contributed by atoms with E-state index in [1.165, 1.54) is 42.8 Å². The molecule has 0 aromatic heterocycles. The van der Waals surface area contributed by atoms with Crippen molar-refractivity contribution in [3.63, 3.8) is 0 Å². The van der Waals surface area contributed by atoms with Crippen LogP contribution < -0.4 is 37.6 Å². The van der Waals surface area contributed by atoms with Gasteiger partial charge < -0.3 is 66.8 Å². The average Bonchev–Trinajstić information content (AvgIpc) is 1.42. The van der Waals surface area contributed by atoms with Gasteiger partial charge >= 0.3 is 12.1 Å². The molecule has 27 heteroatoms. The second kappa shape index (κ2) is 39.8. The number of nitrogens with two attached hydrogens (primary N) is 1. The number of hydrogen-bond acceptors (Lipinski definition) is 16. The number of carbonyl (C=O) groups is 11. The monoisotopic (exact) mass is 1360 g/mol. The number of imide groups is 1. The van der Waals surface area contributed by atoms with E-state index in [0.29, 0.717) is 61.9 Å². The molecule has 0 bridgehead atoms. The molecule has 2 aromatic rings. The number of likely N-dealkylation sites (N-methyl/N-ethyl adjacent to an activating group) is 2. The Bertz CT molecular complexity index is 2910. The lowest BCUT2D eigenvalue weighted by molar-refractivity contribution is -0.148. The standard InChI is InChI=1S/C69H109N11O15S/c1-16-43(8)59(51(93-13)37-54(82)79-36-24-28-50(79)61(94-14)44(9)62(85)72-45(10)60(84)47-25-19-17-20-26-47)77(11)67(90)57(41(4)5)76-65(88)58(42(6)7)78(12)69(92)95-39-46-30-32-48(33-31-46)73-63(86)49(27-23-34-71-68(70)91)74-64(87)56(40(2)3)75-53(81)29-21-18-22-35-80-55(83)38-52(96-15)66(80)89/h17,19-20,25-26,30-33,40-45,49-52,56-61,84H,16,18,21-24,27-29,34-39H2,1-15H3,(H,72,85)(H,73,86)(H,74,87)(H,75,81)(H,76,88)(H3,70,71,91)/t43?,44-,45-,49+,50+,51?,52?,56+,57+,58+,59+,60-,61-/m1/s1. The van der Waals surface area contributed by atoms with Gasteiger partial charge in [0.25, 0.3) is 0 Å². The fraction of sp³-hybridized carbons (Fsp3) is 0.667. The van der Waals surface area contributed by atoms with Gasteiger partial charge in [-0.15, -0.1) is 0 Å². The molecule has 13 atom stereocenters. The lowest BCUT2D eigenvalue weighted by Gasteiger charge is -2.41. The quantitative estimate of drug-likeness (QED) is 0.0296. The van der Waals surface area contributed by atoms with Crippen molar-refractivity contribution in [1.82, 2.24) is 46.2 Å². The summed E-state index contributed by atoms with van der Waals surface area (Å²) in [5.41, 5.74) is 6.79. The Hall–Kier alpha value is -7.36. The van der Waals surface area contributed by atoms with Crippen molar-refractivity contribution in [2.45, 2.75) is 212 Å². The molecule has 0 aliphatic carbocycles. The van der Waals surface area contributed by atoms with Crippen molar-refractivity contribution in [3.8, 4) is 0 Å². The lowest BCUT2D eigenvalue weighted by Crippen LogP contribution is -2.60. The van der Waals surface area contributed by atoms with Crippen molar-refractivity contribution < 1.29 is 72.1 Å². The number of aliphatic hydroxyl groups is 1. The van der Waals surface area contributed by atoms with Crippen LogP contribution in [0, 0.1) is 29.6 Å². The van der Waals surface area contributed by atoms with E-state index >= 15 is 0 Å². The molecule has 96 heavy (non-hydrogen) atoms. The number of amides is 12. The number of unbranched alkanes of at least 4 members (excludes halogenated alkanes) is 2. The Morgan fingerprint density at radius 1 is 0.750 bits per heavy atom. The molecule has 3 unspecified atom stereocenters. The molecular weight excluding hydrogens is 1250 g/mol. The van der Waals surface area contributed by atoms with Crippen LogP contribution in [0.25, 0.3) is 0 Å². The van der Waals surface area contributed by atoms with Crippen LogP contribution in [-0.2, 0) is 64.0 Å². The largest absolute Gasteiger partial charge is 0.445 e. The van der Waals surface area contributed by atoms with Crippen LogP contribution in [0.2, 0.25) is 0 Å². The average molecular weight is 1360 g/mol. The highest BCUT2D eigenvalue weighted by Crippen LogP contribution is 2.31. The van der Waals surface area contributed by atoms with E-state index in [1.54, 1.807) is 115 Å². The van der Waals surface area contributed by atoms with E-state index in [-0.39, 0.29) is 98.4 Å². The van der Waals surface area contributed by atoms with Crippen LogP contribution in [0.5, 0.6) is 0 Å². The first-order valence-corrected chi connectivity index (χ1v) is 35.0. The number of anilines is 1. The lowest BCUT2D eigenvalue weighted by atomic mass is 9.89. The Kier molecular flexibility index (Phi) is 33.6. The summed E-state index contributed by atoms with van der Waals surface area (Å²) >= 11 is 1.35. The van der Waals surface area contributed by atoms with Gasteiger partial charge in [0, 0.05) is 66.5 Å². The molecule has 2 aliphatic heterocycles. The van der Waals surface area contributed by atoms with E-state index in [4.69, 9.17) is 19.9 Å². The summed E-state index contributed by atoms with van der Waals surface area (Å²) in [6.45, 7) is 18.7. The van der Waals surface area contributed by atoms with Gasteiger partial charge in [0.15, 0.2) is 0 Å². The summed E-state index contributed by atoms with van der Waals surface area (Å²) in [5.74, 6) is -5.64. The summed E-state index contributed by atoms with van der Waals surface area (Å²) in [4.78, 5) is 154. The highest BCUT2D eigenvalue weighted by molar-refractivity contribution is 8.00. The minimum absolute atomic E-state index is 0.0862. The number of ether oxygens (including phenoxy) is 3. The molecule has 26 nitrogen and oxygen atoms in total. The molecule has 2 heterocycles. The van der Waals surface area contributed by atoms with Gasteiger partial charge in [-0.05, 0) is 98.6 Å². The molecule has 4 rings (SSSR count). The van der Waals surface area contributed by atoms with Gasteiger partial charge in [-0.3, -0.25) is 53.0 Å². The molecule has 536 valence electrons. The number of rotatable bonds is 39. The highest BCUT2D eigenvalue weighted by Gasteiger charge is 2.44. The van der Waals surface area contributed by atoms with Crippen LogP contribution in [0.3, 0.4) is 0 Å². The first-order valence-electron chi connectivity index (χ1n) is 33.7. The molecule has 0 spiro atoms. The van der Waals surface area contributed by atoms with E-state index < -0.39 is 114 Å². The fourth-order valence-electron chi connectivity index (χ4n) is 12.5. The fourth-order valence-corrected chi connectivity index (χ4v) is 13.1. The van der Waals surface area contributed by atoms with Gasteiger partial charge in [0.05, 0.1) is 54.0 Å². The molecule has 2 aliphatic rings. The summed E-state index contributed by atoms with van der Waals surface area (Å²) in [5, 5.41) is 27.3. The third-order valence-electron chi connectivity index (χ3n) is 18.3. The predicted molar refractivity (Wildman–Crippen MR) is 366 cm³/mol. The second-order valence-electron chi connectivity index (χ2n) is 26.4. The number of likely N-dealkylation sites (tertiary alicyclic amines) is 2. The van der Waals surface area contributed by atoms with Crippen molar-refractivity contribution in [2.75, 3.05) is 59.5 Å². The molecule has 0 saturated carbocycles. The SMILES string of the molecule is CCC(C)[C@@H](C(CC(=O)N1CCC[C@H]1[C@H](OC)[C@@H](C)C(=O)N[C@H](C)[C@@H](O)c1ccccc1)OC)N(C)C(=O)[C@@H](NC(=O)[C@H](C(C)C)N(C)C(=O)OCc1ccc(NC(=O)[C@H](CCCNC(N)=O)NC(=O)[C@@H](NC(=O)CCCCCN2C(=O)CC(SC)C2=O)C(C)C)cc1)C(C)C. The third-order valence-corrected chi connectivity index (χ3v) is 19.2. The number of benzene rings is 2. The van der Waals surface area contributed by atoms with Crippen LogP contribution in [0.4, 0.5) is 15.3 Å². The second-order valence-corrected chi connectivity index (χ2v) is 27.5. The number of urea groups is 1. The van der Waals surface area contributed by atoms with Crippen LogP contribution in [0.1, 0.15) is 157 Å². The van der Waals surface area contributed by atoms with Crippen LogP contribution in [0.15, 0.2) is 54.6 Å². The zero-order valence-corrected chi connectivity index (χ0v) is 59.8. The minimum Gasteiger partial charge on any atom is -0.445 e. The smallest absolute Gasteiger partial charge is 0.410 e. The number of nitrogens with one attached hydrogen (secondary N) is 6. The summed E-state index contributed by atoms with van der Waals surface area (Å²) < 4.78 is 17.8. The van der Waals surface area contributed by atoms with Gasteiger partial charge in [0.2, 0.25) is 53.2 Å². The minimum atomic E-state index is -1.11. The van der Waals surface area contributed by atoms with Crippen molar-refractivity contribution in [3.05, 3.63) is 65.7 Å². The van der Waals surface area contributed by atoms with Crippen molar-refractivity contribution in [2.24, 2.45) is 35.3 Å². The Morgan fingerprint density at radius 2 is 1.41 bits per heavy atom. The Morgan fingerprint density at radius 3 is 1.98 bits per heavy atom. The molecular formula is C69H109N11O15S. The van der Waals surface area contributed by atoms with Crippen LogP contribution >= 0.6 is 11.8 Å². The van der Waals surface area contributed by atoms with Crippen molar-refractivity contribution in [1.29, 1.82) is 0 Å².